The topological polar surface area (TPSA) is 130 Å². The van der Waals surface area contributed by atoms with Crippen molar-refractivity contribution in [3.8, 4) is 22.5 Å². The number of hydrogen-bond donors (Lipinski definition) is 3. The predicted octanol–water partition coefficient (Wildman–Crippen LogP) is 5.43. The minimum absolute atomic E-state index is 0.00154. The van der Waals surface area contributed by atoms with E-state index in [1.54, 1.807) is 0 Å². The highest BCUT2D eigenvalue weighted by Gasteiger charge is 2.30. The van der Waals surface area contributed by atoms with Gasteiger partial charge in [0.2, 0.25) is 11.7 Å². The highest BCUT2D eigenvalue weighted by molar-refractivity contribution is 5.96. The minimum atomic E-state index is -0.485. The molecule has 1 saturated carbocycles. The summed E-state index contributed by atoms with van der Waals surface area (Å²) in [5.41, 5.74) is 13.0. The lowest BCUT2D eigenvalue weighted by molar-refractivity contribution is -0.129. The lowest BCUT2D eigenvalue weighted by Gasteiger charge is -2.27. The Morgan fingerprint density at radius 2 is 1.67 bits per heavy atom. The molecule has 0 unspecified atom stereocenters. The number of aromatic amines is 1. The van der Waals surface area contributed by atoms with Gasteiger partial charge in [-0.3, -0.25) is 9.59 Å². The Bertz CT molecular complexity index is 1510. The SMILES string of the molecule is Cc1ccc(N(C)C)cc1-c1ccc(C[C@H](CC(=O)C2CCC(CN)CC2)C(=O)Nc2ccc(-c3nn[nH]n3)cc2)cc1. The first-order chi connectivity index (χ1) is 20.8. The van der Waals surface area contributed by atoms with Gasteiger partial charge in [0.15, 0.2) is 0 Å². The first-order valence-corrected chi connectivity index (χ1v) is 15.1. The van der Waals surface area contributed by atoms with Crippen molar-refractivity contribution < 1.29 is 9.59 Å². The molecule has 9 nitrogen and oxygen atoms in total. The number of anilines is 2. The molecule has 4 aromatic rings. The van der Waals surface area contributed by atoms with Gasteiger partial charge >= 0.3 is 0 Å². The standard InChI is InChI=1S/C34H41N7O2/c1-22-4-17-30(41(2)3)20-31(22)25-9-5-23(6-10-25)18-28(19-32(42)26-11-7-24(21-35)8-12-26)34(43)36-29-15-13-27(14-16-29)33-37-39-40-38-33/h4-6,9-10,13-17,20,24,26,28H,7-8,11-12,18-19,21,35H2,1-3H3,(H,36,43)(H,37,38,39,40)/t24?,26?,28-/m1/s1. The predicted molar refractivity (Wildman–Crippen MR) is 171 cm³/mol. The molecule has 5 rings (SSSR count). The van der Waals surface area contributed by atoms with Crippen molar-refractivity contribution in [3.05, 3.63) is 77.9 Å². The van der Waals surface area contributed by atoms with Crippen LogP contribution in [0.25, 0.3) is 22.5 Å². The Kier molecular flexibility index (Phi) is 9.61. The molecule has 0 spiro atoms. The molecule has 1 aliphatic rings. The summed E-state index contributed by atoms with van der Waals surface area (Å²) in [6, 6.07) is 22.1. The molecule has 4 N–H and O–H groups in total. The number of benzene rings is 3. The average molecular weight is 580 g/mol. The second-order valence-electron chi connectivity index (χ2n) is 11.9. The second kappa shape index (κ2) is 13.7. The van der Waals surface area contributed by atoms with Crippen LogP contribution in [-0.4, -0.2) is 53.0 Å². The Morgan fingerprint density at radius 1 is 0.977 bits per heavy atom. The molecule has 224 valence electrons. The number of carbonyl (C=O) groups excluding carboxylic acids is 2. The molecule has 1 heterocycles. The van der Waals surface area contributed by atoms with Crippen molar-refractivity contribution in [3.63, 3.8) is 0 Å². The quantitative estimate of drug-likeness (QED) is 0.216. The van der Waals surface area contributed by atoms with Crippen molar-refractivity contribution in [1.82, 2.24) is 20.6 Å². The summed E-state index contributed by atoms with van der Waals surface area (Å²) >= 11 is 0. The Labute approximate surface area is 253 Å². The number of rotatable bonds is 11. The first kappa shape index (κ1) is 30.1. The number of amides is 1. The van der Waals surface area contributed by atoms with Gasteiger partial charge in [-0.1, -0.05) is 30.3 Å². The van der Waals surface area contributed by atoms with Crippen LogP contribution in [0.1, 0.15) is 43.2 Å². The summed E-state index contributed by atoms with van der Waals surface area (Å²) < 4.78 is 0. The molecule has 9 heteroatoms. The fourth-order valence-electron chi connectivity index (χ4n) is 5.92. The zero-order valence-electron chi connectivity index (χ0n) is 25.2. The van der Waals surface area contributed by atoms with E-state index in [0.29, 0.717) is 30.4 Å². The fourth-order valence-corrected chi connectivity index (χ4v) is 5.92. The van der Waals surface area contributed by atoms with Crippen molar-refractivity contribution in [2.45, 2.75) is 45.4 Å². The summed E-state index contributed by atoms with van der Waals surface area (Å²) in [5.74, 6) is 0.519. The number of nitrogens with two attached hydrogens (primary N) is 1. The summed E-state index contributed by atoms with van der Waals surface area (Å²) in [4.78, 5) is 29.2. The number of tetrazole rings is 1. The van der Waals surface area contributed by atoms with E-state index in [9.17, 15) is 9.59 Å². The maximum atomic E-state index is 13.7. The van der Waals surface area contributed by atoms with E-state index < -0.39 is 5.92 Å². The van der Waals surface area contributed by atoms with Crippen molar-refractivity contribution in [2.75, 3.05) is 30.9 Å². The summed E-state index contributed by atoms with van der Waals surface area (Å²) in [7, 11) is 4.08. The maximum absolute atomic E-state index is 13.7. The number of H-pyrrole nitrogens is 1. The zero-order chi connectivity index (χ0) is 30.3. The van der Waals surface area contributed by atoms with Gasteiger partial charge < -0.3 is 16.0 Å². The Morgan fingerprint density at radius 3 is 2.30 bits per heavy atom. The van der Waals surface area contributed by atoms with Gasteiger partial charge in [0.05, 0.1) is 0 Å². The molecule has 1 aliphatic carbocycles. The zero-order valence-corrected chi connectivity index (χ0v) is 25.2. The van der Waals surface area contributed by atoms with Gasteiger partial charge in [0.25, 0.3) is 0 Å². The van der Waals surface area contributed by atoms with Crippen LogP contribution in [0.15, 0.2) is 66.7 Å². The largest absolute Gasteiger partial charge is 0.378 e. The molecule has 1 fully saturated rings. The minimum Gasteiger partial charge on any atom is -0.378 e. The number of nitrogens with zero attached hydrogens (tertiary/aromatic N) is 4. The van der Waals surface area contributed by atoms with Crippen molar-refractivity contribution in [1.29, 1.82) is 0 Å². The first-order valence-electron chi connectivity index (χ1n) is 15.1. The lowest BCUT2D eigenvalue weighted by Crippen LogP contribution is -2.31. The molecular formula is C34H41N7O2. The van der Waals surface area contributed by atoms with Crippen LogP contribution in [-0.2, 0) is 16.0 Å². The van der Waals surface area contributed by atoms with Crippen LogP contribution in [0, 0.1) is 24.7 Å². The van der Waals surface area contributed by atoms with E-state index in [1.807, 2.05) is 38.4 Å². The number of ketones is 1. The lowest BCUT2D eigenvalue weighted by atomic mass is 9.77. The highest BCUT2D eigenvalue weighted by atomic mass is 16.2. The average Bonchev–Trinajstić information content (AvgIpc) is 3.57. The fraction of sp³-hybridized carbons (Fsp3) is 0.382. The number of nitrogens with one attached hydrogen (secondary N) is 2. The van der Waals surface area contributed by atoms with E-state index in [1.165, 1.54) is 11.1 Å². The highest BCUT2D eigenvalue weighted by Crippen LogP contribution is 2.32. The molecule has 1 amide bonds. The monoisotopic (exact) mass is 579 g/mol. The van der Waals surface area contributed by atoms with Gasteiger partial charge in [-0.25, -0.2) is 0 Å². The molecule has 1 atom stereocenters. The number of aryl methyl sites for hydroxylation is 1. The van der Waals surface area contributed by atoms with Gasteiger partial charge in [-0.2, -0.15) is 5.21 Å². The Balaban J connectivity index is 1.32. The summed E-state index contributed by atoms with van der Waals surface area (Å²) in [5, 5.41) is 17.1. The van der Waals surface area contributed by atoms with Crippen LogP contribution >= 0.6 is 0 Å². The van der Waals surface area contributed by atoms with Crippen LogP contribution in [0.2, 0.25) is 0 Å². The van der Waals surface area contributed by atoms with E-state index in [4.69, 9.17) is 5.73 Å². The van der Waals surface area contributed by atoms with Crippen LogP contribution in [0.4, 0.5) is 11.4 Å². The van der Waals surface area contributed by atoms with Crippen molar-refractivity contribution >= 4 is 23.1 Å². The van der Waals surface area contributed by atoms with E-state index in [-0.39, 0.29) is 24.0 Å². The maximum Gasteiger partial charge on any atom is 0.228 e. The molecule has 0 radical (unpaired) electrons. The van der Waals surface area contributed by atoms with Crippen LogP contribution < -0.4 is 16.0 Å². The van der Waals surface area contributed by atoms with E-state index in [2.05, 4.69) is 80.2 Å². The van der Waals surface area contributed by atoms with Gasteiger partial charge in [0, 0.05) is 49.3 Å². The molecule has 0 saturated heterocycles. The Hall–Kier alpha value is -4.37. The van der Waals surface area contributed by atoms with E-state index >= 15 is 0 Å². The normalized spacial score (nSPS) is 17.3. The number of hydrogen-bond acceptors (Lipinski definition) is 7. The molecule has 0 bridgehead atoms. The summed E-state index contributed by atoms with van der Waals surface area (Å²) in [6.45, 7) is 2.79. The van der Waals surface area contributed by atoms with Crippen molar-refractivity contribution in [2.24, 2.45) is 23.5 Å². The second-order valence-corrected chi connectivity index (χ2v) is 11.9. The number of carbonyl (C=O) groups is 2. The molecule has 43 heavy (non-hydrogen) atoms. The number of aromatic nitrogens is 4. The van der Waals surface area contributed by atoms with E-state index in [0.717, 1.165) is 48.1 Å². The molecular weight excluding hydrogens is 538 g/mol. The third kappa shape index (κ3) is 7.53. The number of Topliss-reactive ketones (excluding diaryl/α,β-unsaturated/α-hetero) is 1. The molecule has 1 aromatic heterocycles. The van der Waals surface area contributed by atoms with Gasteiger partial charge in [-0.15, -0.1) is 10.2 Å². The molecule has 0 aliphatic heterocycles. The smallest absolute Gasteiger partial charge is 0.228 e. The van der Waals surface area contributed by atoms with Crippen LogP contribution in [0.3, 0.4) is 0 Å². The third-order valence-electron chi connectivity index (χ3n) is 8.69. The third-order valence-corrected chi connectivity index (χ3v) is 8.69. The van der Waals surface area contributed by atoms with Gasteiger partial charge in [-0.05, 0) is 115 Å². The molecule has 3 aromatic carbocycles. The summed E-state index contributed by atoms with van der Waals surface area (Å²) in [6.07, 6.45) is 4.36. The van der Waals surface area contributed by atoms with Crippen LogP contribution in [0.5, 0.6) is 0 Å². The van der Waals surface area contributed by atoms with Gasteiger partial charge in [0.1, 0.15) is 5.78 Å².